The van der Waals surface area contributed by atoms with Crippen LogP contribution in [0.3, 0.4) is 0 Å². The van der Waals surface area contributed by atoms with Crippen molar-refractivity contribution in [3.05, 3.63) is 70.5 Å². The standard InChI is InChI=1S/C15H12N4O3/c20-19(21)12-8-6-11(7-9-12)15-16-14(17-18-15)10-22-13-4-2-1-3-5-13/h1-9H,10H2,(H,16,17,18). The first-order valence-electron chi connectivity index (χ1n) is 6.56. The Balaban J connectivity index is 1.69. The second-order valence-electron chi connectivity index (χ2n) is 4.51. The van der Waals surface area contributed by atoms with E-state index in [0.29, 0.717) is 17.2 Å². The van der Waals surface area contributed by atoms with Crippen molar-refractivity contribution >= 4 is 5.69 Å². The van der Waals surface area contributed by atoms with Gasteiger partial charge < -0.3 is 4.74 Å². The van der Waals surface area contributed by atoms with E-state index in [9.17, 15) is 10.1 Å². The fraction of sp³-hybridized carbons (Fsp3) is 0.0667. The number of nitrogens with one attached hydrogen (secondary N) is 1. The predicted molar refractivity (Wildman–Crippen MR) is 79.2 cm³/mol. The van der Waals surface area contributed by atoms with Crippen LogP contribution in [0, 0.1) is 10.1 Å². The summed E-state index contributed by atoms with van der Waals surface area (Å²) in [6.07, 6.45) is 0. The molecule has 0 saturated carbocycles. The van der Waals surface area contributed by atoms with Crippen molar-refractivity contribution in [1.82, 2.24) is 15.2 Å². The van der Waals surface area contributed by atoms with Crippen LogP contribution in [-0.4, -0.2) is 20.1 Å². The zero-order valence-electron chi connectivity index (χ0n) is 11.5. The van der Waals surface area contributed by atoms with Crippen LogP contribution in [0.15, 0.2) is 54.6 Å². The molecule has 0 aliphatic rings. The van der Waals surface area contributed by atoms with Gasteiger partial charge in [-0.25, -0.2) is 4.98 Å². The van der Waals surface area contributed by atoms with Crippen molar-refractivity contribution in [3.8, 4) is 17.1 Å². The summed E-state index contributed by atoms with van der Waals surface area (Å²) in [4.78, 5) is 14.5. The van der Waals surface area contributed by atoms with Crippen LogP contribution in [0.25, 0.3) is 11.4 Å². The fourth-order valence-electron chi connectivity index (χ4n) is 1.89. The van der Waals surface area contributed by atoms with E-state index < -0.39 is 4.92 Å². The molecule has 0 radical (unpaired) electrons. The summed E-state index contributed by atoms with van der Waals surface area (Å²) in [5.41, 5.74) is 0.736. The van der Waals surface area contributed by atoms with Gasteiger partial charge in [0.1, 0.15) is 12.4 Å². The summed E-state index contributed by atoms with van der Waals surface area (Å²) in [7, 11) is 0. The molecule has 0 unspecified atom stereocenters. The van der Waals surface area contributed by atoms with Crippen LogP contribution in [0.2, 0.25) is 0 Å². The van der Waals surface area contributed by atoms with Crippen LogP contribution in [0.1, 0.15) is 5.82 Å². The maximum atomic E-state index is 10.6. The molecule has 0 spiro atoms. The van der Waals surface area contributed by atoms with Crippen molar-refractivity contribution in [3.63, 3.8) is 0 Å². The molecule has 7 heteroatoms. The van der Waals surface area contributed by atoms with E-state index in [-0.39, 0.29) is 12.3 Å². The molecule has 3 rings (SSSR count). The van der Waals surface area contributed by atoms with Crippen LogP contribution >= 0.6 is 0 Å². The van der Waals surface area contributed by atoms with E-state index in [0.717, 1.165) is 5.75 Å². The number of H-pyrrole nitrogens is 1. The van der Waals surface area contributed by atoms with Gasteiger partial charge in [-0.2, -0.15) is 5.10 Å². The minimum absolute atomic E-state index is 0.0342. The van der Waals surface area contributed by atoms with Gasteiger partial charge in [-0.15, -0.1) is 0 Å². The van der Waals surface area contributed by atoms with Crippen LogP contribution in [0.4, 0.5) is 5.69 Å². The van der Waals surface area contributed by atoms with Crippen molar-refractivity contribution in [1.29, 1.82) is 0 Å². The first-order chi connectivity index (χ1) is 10.7. The number of para-hydroxylation sites is 1. The first kappa shape index (κ1) is 13.7. The lowest BCUT2D eigenvalue weighted by Gasteiger charge is -2.02. The molecule has 0 fully saturated rings. The Morgan fingerprint density at radius 3 is 2.50 bits per heavy atom. The minimum atomic E-state index is -0.444. The molecule has 0 atom stereocenters. The highest BCUT2D eigenvalue weighted by Gasteiger charge is 2.09. The number of benzene rings is 2. The van der Waals surface area contributed by atoms with Gasteiger partial charge in [-0.05, 0) is 24.3 Å². The van der Waals surface area contributed by atoms with Gasteiger partial charge in [-0.1, -0.05) is 18.2 Å². The lowest BCUT2D eigenvalue weighted by Crippen LogP contribution is -1.97. The van der Waals surface area contributed by atoms with Gasteiger partial charge in [0.15, 0.2) is 11.6 Å². The molecule has 0 saturated heterocycles. The first-order valence-corrected chi connectivity index (χ1v) is 6.56. The maximum absolute atomic E-state index is 10.6. The van der Waals surface area contributed by atoms with Crippen molar-refractivity contribution in [2.75, 3.05) is 0 Å². The average molecular weight is 296 g/mol. The quantitative estimate of drug-likeness (QED) is 0.577. The predicted octanol–water partition coefficient (Wildman–Crippen LogP) is 2.96. The number of aromatic nitrogens is 3. The summed E-state index contributed by atoms with van der Waals surface area (Å²) < 4.78 is 5.57. The van der Waals surface area contributed by atoms with Crippen molar-refractivity contribution in [2.45, 2.75) is 6.61 Å². The molecule has 1 N–H and O–H groups in total. The van der Waals surface area contributed by atoms with Gasteiger partial charge in [0.25, 0.3) is 5.69 Å². The highest BCUT2D eigenvalue weighted by atomic mass is 16.6. The molecule has 1 heterocycles. The third-order valence-corrected chi connectivity index (χ3v) is 2.99. The number of nitrogens with zero attached hydrogens (tertiary/aromatic N) is 3. The highest BCUT2D eigenvalue weighted by Crippen LogP contribution is 2.19. The Morgan fingerprint density at radius 2 is 1.82 bits per heavy atom. The molecular weight excluding hydrogens is 284 g/mol. The second-order valence-corrected chi connectivity index (χ2v) is 4.51. The molecular formula is C15H12N4O3. The summed E-state index contributed by atoms with van der Waals surface area (Å²) in [5, 5.41) is 17.5. The van der Waals surface area contributed by atoms with Gasteiger partial charge in [-0.3, -0.25) is 15.2 Å². The average Bonchev–Trinajstić information content (AvgIpc) is 3.03. The van der Waals surface area contributed by atoms with Gasteiger partial charge in [0.2, 0.25) is 0 Å². The van der Waals surface area contributed by atoms with Crippen LogP contribution in [0.5, 0.6) is 5.75 Å². The summed E-state index contributed by atoms with van der Waals surface area (Å²) in [5.74, 6) is 1.80. The van der Waals surface area contributed by atoms with Crippen molar-refractivity contribution in [2.24, 2.45) is 0 Å². The lowest BCUT2D eigenvalue weighted by molar-refractivity contribution is -0.384. The van der Waals surface area contributed by atoms with Crippen LogP contribution < -0.4 is 4.74 Å². The van der Waals surface area contributed by atoms with Gasteiger partial charge >= 0.3 is 0 Å². The van der Waals surface area contributed by atoms with E-state index in [1.165, 1.54) is 12.1 Å². The molecule has 1 aromatic heterocycles. The number of non-ortho nitro benzene ring substituents is 1. The maximum Gasteiger partial charge on any atom is 0.269 e. The molecule has 0 aliphatic heterocycles. The van der Waals surface area contributed by atoms with E-state index in [4.69, 9.17) is 4.74 Å². The topological polar surface area (TPSA) is 93.9 Å². The summed E-state index contributed by atoms with van der Waals surface area (Å²) >= 11 is 0. The fourth-order valence-corrected chi connectivity index (χ4v) is 1.89. The number of aromatic amines is 1. The molecule has 0 bridgehead atoms. The van der Waals surface area contributed by atoms with E-state index in [1.807, 2.05) is 30.3 Å². The Kier molecular flexibility index (Phi) is 3.78. The Morgan fingerprint density at radius 1 is 1.09 bits per heavy atom. The Bertz CT molecular complexity index is 769. The minimum Gasteiger partial charge on any atom is -0.486 e. The smallest absolute Gasteiger partial charge is 0.269 e. The highest BCUT2D eigenvalue weighted by molar-refractivity contribution is 5.56. The zero-order valence-corrected chi connectivity index (χ0v) is 11.5. The molecule has 0 aliphatic carbocycles. The number of hydrogen-bond acceptors (Lipinski definition) is 5. The van der Waals surface area contributed by atoms with E-state index >= 15 is 0 Å². The second kappa shape index (κ2) is 6.04. The monoisotopic (exact) mass is 296 g/mol. The third-order valence-electron chi connectivity index (χ3n) is 2.99. The van der Waals surface area contributed by atoms with Gasteiger partial charge in [0.05, 0.1) is 4.92 Å². The summed E-state index contributed by atoms with van der Waals surface area (Å²) in [6.45, 7) is 0.268. The number of rotatable bonds is 5. The number of nitro benzene ring substituents is 1. The SMILES string of the molecule is O=[N+]([O-])c1ccc(-c2n[nH]c(COc3ccccc3)n2)cc1. The number of nitro groups is 1. The summed E-state index contributed by atoms with van der Waals surface area (Å²) in [6, 6.07) is 15.5. The molecule has 0 amide bonds. The number of hydrogen-bond donors (Lipinski definition) is 1. The molecule has 3 aromatic rings. The zero-order chi connectivity index (χ0) is 15.4. The number of ether oxygens (including phenoxy) is 1. The molecule has 2 aromatic carbocycles. The van der Waals surface area contributed by atoms with E-state index in [2.05, 4.69) is 15.2 Å². The van der Waals surface area contributed by atoms with E-state index in [1.54, 1.807) is 12.1 Å². The largest absolute Gasteiger partial charge is 0.486 e. The Hall–Kier alpha value is -3.22. The van der Waals surface area contributed by atoms with Crippen LogP contribution in [-0.2, 0) is 6.61 Å². The molecule has 22 heavy (non-hydrogen) atoms. The normalized spacial score (nSPS) is 10.4. The van der Waals surface area contributed by atoms with Gasteiger partial charge in [0, 0.05) is 17.7 Å². The van der Waals surface area contributed by atoms with Crippen molar-refractivity contribution < 1.29 is 9.66 Å². The lowest BCUT2D eigenvalue weighted by atomic mass is 10.2. The molecule has 110 valence electrons. The molecule has 7 nitrogen and oxygen atoms in total. The Labute approximate surface area is 125 Å². The third kappa shape index (κ3) is 3.09.